The van der Waals surface area contributed by atoms with Gasteiger partial charge in [0.15, 0.2) is 12.4 Å². The minimum atomic E-state index is -1.10. The van der Waals surface area contributed by atoms with E-state index in [4.69, 9.17) is 4.74 Å². The Balaban J connectivity index is 1.24. The van der Waals surface area contributed by atoms with E-state index in [2.05, 4.69) is 12.2 Å². The second kappa shape index (κ2) is 8.54. The van der Waals surface area contributed by atoms with Crippen molar-refractivity contribution < 1.29 is 23.9 Å². The third-order valence-corrected chi connectivity index (χ3v) is 8.73. The molecule has 36 heavy (non-hydrogen) atoms. The van der Waals surface area contributed by atoms with Gasteiger partial charge in [-0.3, -0.25) is 19.3 Å². The number of ketones is 1. The van der Waals surface area contributed by atoms with E-state index < -0.39 is 18.6 Å². The normalized spacial score (nSPS) is 30.1. The van der Waals surface area contributed by atoms with Crippen LogP contribution in [0.1, 0.15) is 33.5 Å². The SMILES string of the molecule is Cc1ccc(C(=O)COC(=O)[C@H](Cc2ccccc2)N2C(=O)[C@@H]3[C@H]4C=C[C@H]([C@@H]5C[C@H]45)[C@@H]3C2=O)cc1C. The molecule has 5 aliphatic rings. The van der Waals surface area contributed by atoms with Crippen LogP contribution in [0.5, 0.6) is 0 Å². The van der Waals surface area contributed by atoms with Gasteiger partial charge in [-0.05, 0) is 66.7 Å². The number of allylic oxidation sites excluding steroid dienone is 2. The van der Waals surface area contributed by atoms with Gasteiger partial charge in [0.25, 0.3) is 0 Å². The Kier molecular flexibility index (Phi) is 5.43. The predicted molar refractivity (Wildman–Crippen MR) is 132 cm³/mol. The molecule has 0 radical (unpaired) electrons. The Labute approximate surface area is 210 Å². The summed E-state index contributed by atoms with van der Waals surface area (Å²) < 4.78 is 5.47. The molecule has 2 aromatic carbocycles. The van der Waals surface area contributed by atoms with Crippen LogP contribution in [-0.2, 0) is 25.5 Å². The highest BCUT2D eigenvalue weighted by Crippen LogP contribution is 2.65. The molecule has 6 heteroatoms. The molecule has 184 valence electrons. The van der Waals surface area contributed by atoms with Gasteiger partial charge in [-0.1, -0.05) is 54.6 Å². The second-order valence-corrected chi connectivity index (χ2v) is 10.7. The third-order valence-electron chi connectivity index (χ3n) is 8.73. The minimum Gasteiger partial charge on any atom is -0.456 e. The molecule has 2 aromatic rings. The van der Waals surface area contributed by atoms with E-state index in [1.54, 1.807) is 12.1 Å². The summed E-state index contributed by atoms with van der Waals surface area (Å²) in [5, 5.41) is 0. The predicted octanol–water partition coefficient (Wildman–Crippen LogP) is 3.69. The maximum Gasteiger partial charge on any atom is 0.330 e. The molecule has 6 nitrogen and oxygen atoms in total. The van der Waals surface area contributed by atoms with Crippen LogP contribution >= 0.6 is 0 Å². The second-order valence-electron chi connectivity index (χ2n) is 10.7. The standard InChI is InChI=1S/C30H29NO5/c1-16-8-9-19(12-17(16)2)25(32)15-36-30(35)24(13-18-6-4-3-5-7-18)31-28(33)26-20-10-11-21(23-14-22(20)23)27(26)29(31)34/h3-12,20-24,26-27H,13-15H2,1-2H3/t20-,21+,22+,23-,24-,26+,27-/m0/s1. The summed E-state index contributed by atoms with van der Waals surface area (Å²) in [6, 6.07) is 13.6. The molecule has 7 rings (SSSR count). The lowest BCUT2D eigenvalue weighted by Gasteiger charge is -2.37. The Morgan fingerprint density at radius 2 is 1.56 bits per heavy atom. The number of benzene rings is 2. The summed E-state index contributed by atoms with van der Waals surface area (Å²) >= 11 is 0. The van der Waals surface area contributed by atoms with Gasteiger partial charge < -0.3 is 4.74 Å². The molecule has 0 spiro atoms. The highest BCUT2D eigenvalue weighted by Gasteiger charge is 2.68. The lowest BCUT2D eigenvalue weighted by atomic mass is 9.63. The van der Waals surface area contributed by atoms with E-state index in [0.29, 0.717) is 17.4 Å². The number of carbonyl (C=O) groups excluding carboxylic acids is 4. The van der Waals surface area contributed by atoms with Gasteiger partial charge in [-0.2, -0.15) is 0 Å². The van der Waals surface area contributed by atoms with Crippen molar-refractivity contribution in [2.24, 2.45) is 35.5 Å². The zero-order valence-electron chi connectivity index (χ0n) is 20.4. The maximum absolute atomic E-state index is 13.7. The van der Waals surface area contributed by atoms with Crippen LogP contribution in [0, 0.1) is 49.4 Å². The third kappa shape index (κ3) is 3.62. The fraction of sp³-hybridized carbons (Fsp3) is 0.400. The summed E-state index contributed by atoms with van der Waals surface area (Å²) in [4.78, 5) is 54.7. The molecule has 7 atom stereocenters. The van der Waals surface area contributed by atoms with E-state index >= 15 is 0 Å². The van der Waals surface area contributed by atoms with Crippen LogP contribution in [-0.4, -0.2) is 41.1 Å². The smallest absolute Gasteiger partial charge is 0.330 e. The molecular weight excluding hydrogens is 454 g/mol. The number of rotatable bonds is 7. The molecule has 2 amide bonds. The average Bonchev–Trinajstić information content (AvgIpc) is 3.67. The van der Waals surface area contributed by atoms with E-state index in [9.17, 15) is 19.2 Å². The lowest BCUT2D eigenvalue weighted by molar-refractivity contribution is -0.158. The number of amides is 2. The van der Waals surface area contributed by atoms with E-state index in [1.807, 2.05) is 50.2 Å². The van der Waals surface area contributed by atoms with Gasteiger partial charge >= 0.3 is 5.97 Å². The van der Waals surface area contributed by atoms with Gasteiger partial charge in [0.1, 0.15) is 6.04 Å². The quantitative estimate of drug-likeness (QED) is 0.260. The van der Waals surface area contributed by atoms with Crippen LogP contribution in [0.25, 0.3) is 0 Å². The number of Topliss-reactive ketones (excluding diaryl/α,β-unsaturated/α-hetero) is 1. The minimum absolute atomic E-state index is 0.0752. The van der Waals surface area contributed by atoms with Crippen molar-refractivity contribution in [3.8, 4) is 0 Å². The lowest BCUT2D eigenvalue weighted by Crippen LogP contribution is -2.48. The topological polar surface area (TPSA) is 80.8 Å². The van der Waals surface area contributed by atoms with Crippen molar-refractivity contribution in [3.63, 3.8) is 0 Å². The first-order chi connectivity index (χ1) is 17.3. The molecule has 1 heterocycles. The average molecular weight is 484 g/mol. The van der Waals surface area contributed by atoms with Crippen LogP contribution in [0.3, 0.4) is 0 Å². The van der Waals surface area contributed by atoms with Crippen LogP contribution in [0.4, 0.5) is 0 Å². The van der Waals surface area contributed by atoms with Crippen molar-refractivity contribution in [1.29, 1.82) is 0 Å². The Bertz CT molecular complexity index is 1260. The number of ether oxygens (including phenoxy) is 1. The van der Waals surface area contributed by atoms with Gasteiger partial charge in [0.05, 0.1) is 11.8 Å². The van der Waals surface area contributed by atoms with Gasteiger partial charge in [-0.25, -0.2) is 4.79 Å². The number of aryl methyl sites for hydroxylation is 2. The number of carbonyl (C=O) groups is 4. The number of imide groups is 1. The Morgan fingerprint density at radius 3 is 2.17 bits per heavy atom. The number of hydrogen-bond acceptors (Lipinski definition) is 5. The van der Waals surface area contributed by atoms with Crippen molar-refractivity contribution in [2.75, 3.05) is 6.61 Å². The molecule has 0 unspecified atom stereocenters. The van der Waals surface area contributed by atoms with Crippen LogP contribution < -0.4 is 0 Å². The zero-order chi connectivity index (χ0) is 25.1. The molecule has 0 aromatic heterocycles. The Hall–Kier alpha value is -3.54. The van der Waals surface area contributed by atoms with Crippen molar-refractivity contribution >= 4 is 23.6 Å². The number of esters is 1. The summed E-state index contributed by atoms with van der Waals surface area (Å²) in [6.07, 6.45) is 5.46. The summed E-state index contributed by atoms with van der Waals surface area (Å²) in [5.74, 6) is -1.25. The first kappa shape index (κ1) is 22.9. The largest absolute Gasteiger partial charge is 0.456 e. The van der Waals surface area contributed by atoms with Crippen LogP contribution in [0.2, 0.25) is 0 Å². The van der Waals surface area contributed by atoms with E-state index in [-0.39, 0.29) is 47.7 Å². The highest BCUT2D eigenvalue weighted by atomic mass is 16.5. The zero-order valence-corrected chi connectivity index (χ0v) is 20.4. The monoisotopic (exact) mass is 483 g/mol. The fourth-order valence-electron chi connectivity index (χ4n) is 6.64. The van der Waals surface area contributed by atoms with Gasteiger partial charge in [-0.15, -0.1) is 0 Å². The fourth-order valence-corrected chi connectivity index (χ4v) is 6.64. The molecule has 1 saturated heterocycles. The van der Waals surface area contributed by atoms with Gasteiger partial charge in [0, 0.05) is 12.0 Å². The first-order valence-electron chi connectivity index (χ1n) is 12.7. The molecule has 1 aliphatic heterocycles. The summed E-state index contributed by atoms with van der Waals surface area (Å²) in [6.45, 7) is 3.45. The molecule has 3 fully saturated rings. The highest BCUT2D eigenvalue weighted by molar-refractivity contribution is 6.09. The van der Waals surface area contributed by atoms with Crippen molar-refractivity contribution in [3.05, 3.63) is 82.9 Å². The summed E-state index contributed by atoms with van der Waals surface area (Å²) in [5.41, 5.74) is 3.33. The number of hydrogen-bond donors (Lipinski definition) is 0. The molecule has 2 bridgehead atoms. The number of nitrogens with zero attached hydrogens (tertiary/aromatic N) is 1. The van der Waals surface area contributed by atoms with E-state index in [1.165, 1.54) is 4.90 Å². The molecular formula is C30H29NO5. The van der Waals surface area contributed by atoms with Crippen molar-refractivity contribution in [1.82, 2.24) is 4.90 Å². The van der Waals surface area contributed by atoms with E-state index in [0.717, 1.165) is 23.1 Å². The van der Waals surface area contributed by atoms with Crippen molar-refractivity contribution in [2.45, 2.75) is 32.7 Å². The van der Waals surface area contributed by atoms with Gasteiger partial charge in [0.2, 0.25) is 11.8 Å². The molecule has 0 N–H and O–H groups in total. The first-order valence-corrected chi connectivity index (χ1v) is 12.7. The molecule has 2 saturated carbocycles. The Morgan fingerprint density at radius 1 is 0.917 bits per heavy atom. The number of likely N-dealkylation sites (tertiary alicyclic amines) is 1. The van der Waals surface area contributed by atoms with Crippen LogP contribution in [0.15, 0.2) is 60.7 Å². The maximum atomic E-state index is 13.7. The summed E-state index contributed by atoms with van der Waals surface area (Å²) in [7, 11) is 0. The molecule has 4 aliphatic carbocycles.